The number of carbonyl (C=O) groups excluding carboxylic acids is 1. The van der Waals surface area contributed by atoms with Crippen molar-refractivity contribution in [2.24, 2.45) is 45.4 Å². The number of nitrogens with zero attached hydrogens (tertiary/aromatic N) is 1. The number of carbonyl (C=O) groups is 3. The third-order valence-electron chi connectivity index (χ3n) is 9.59. The van der Waals surface area contributed by atoms with Crippen molar-refractivity contribution in [1.29, 1.82) is 0 Å². The summed E-state index contributed by atoms with van der Waals surface area (Å²) in [6.45, 7) is 5.50. The number of aliphatic carboxylic acids is 2. The van der Waals surface area contributed by atoms with Crippen LogP contribution in [-0.2, 0) is 14.4 Å². The summed E-state index contributed by atoms with van der Waals surface area (Å²) in [6.07, 6.45) is 12.1. The normalized spacial score (nSPS) is 38.6. The molecule has 5 N–H and O–H groups in total. The van der Waals surface area contributed by atoms with Crippen LogP contribution >= 0.6 is 11.8 Å². The smallest absolute Gasteiger partial charge is 0.328 e. The van der Waals surface area contributed by atoms with Crippen LogP contribution in [0.2, 0.25) is 0 Å². The second-order valence-corrected chi connectivity index (χ2v) is 12.8. The second kappa shape index (κ2) is 12.1. The van der Waals surface area contributed by atoms with Crippen LogP contribution in [0.3, 0.4) is 0 Å². The van der Waals surface area contributed by atoms with Crippen molar-refractivity contribution in [2.75, 3.05) is 12.3 Å². The average Bonchev–Trinajstić information content (AvgIpc) is 3.15. The lowest BCUT2D eigenvalue weighted by Crippen LogP contribution is -2.56. The van der Waals surface area contributed by atoms with Crippen molar-refractivity contribution in [3.05, 3.63) is 12.2 Å². The summed E-state index contributed by atoms with van der Waals surface area (Å²) in [5.74, 6) is 1.31. The molecular weight excluding hydrogens is 480 g/mol. The predicted molar refractivity (Wildman–Crippen MR) is 140 cm³/mol. The van der Waals surface area contributed by atoms with E-state index in [0.717, 1.165) is 50.8 Å². The summed E-state index contributed by atoms with van der Waals surface area (Å²) in [4.78, 5) is 31.7. The quantitative estimate of drug-likeness (QED) is 0.164. The van der Waals surface area contributed by atoms with Gasteiger partial charge < -0.3 is 21.2 Å². The molecule has 0 spiro atoms. The summed E-state index contributed by atoms with van der Waals surface area (Å²) in [5.41, 5.74) is 6.80. The standard InChI is InChI=1S/C23H38N2O2S.C4H4O4/c1-22-9-7-15(28-12-4-3-11-24)13-19(22)20(25-27)14-16-17-5-6-21(26)23(17,2)10-8-18(16)22;5-3(6)1-2-4(7)8/h15-19,27H,3-14,24H2,1-2H3;1-2H,(H,5,6)(H,7,8)/b25-20+;2-1+/t15?,16-,17-,18-,19+,22+,23-;/m0./s1. The van der Waals surface area contributed by atoms with E-state index >= 15 is 0 Å². The minimum Gasteiger partial charge on any atom is -0.478 e. The maximum absolute atomic E-state index is 12.6. The van der Waals surface area contributed by atoms with Crippen molar-refractivity contribution < 1.29 is 29.8 Å². The summed E-state index contributed by atoms with van der Waals surface area (Å²) in [5, 5.41) is 30.1. The monoisotopic (exact) mass is 522 g/mol. The van der Waals surface area contributed by atoms with Crippen molar-refractivity contribution in [1.82, 2.24) is 0 Å². The molecule has 0 bridgehead atoms. The van der Waals surface area contributed by atoms with Crippen LogP contribution in [0.5, 0.6) is 0 Å². The average molecular weight is 523 g/mol. The molecule has 4 saturated carbocycles. The SMILES string of the molecule is C[C@]12CCC(SCCCCN)C[C@@H]1/C(=N/O)C[C@@H]1[C@@H]2CC[C@]2(C)C(=O)CC[C@@H]12.O=C(O)/C=C/C(=O)O. The summed E-state index contributed by atoms with van der Waals surface area (Å²) >= 11 is 2.11. The second-order valence-electron chi connectivity index (χ2n) is 11.4. The Morgan fingerprint density at radius 2 is 1.78 bits per heavy atom. The molecule has 7 atom stereocenters. The van der Waals surface area contributed by atoms with Gasteiger partial charge in [-0.2, -0.15) is 11.8 Å². The Bertz CT molecular complexity index is 875. The molecule has 1 unspecified atom stereocenters. The maximum atomic E-state index is 12.6. The Morgan fingerprint density at radius 3 is 2.39 bits per heavy atom. The van der Waals surface area contributed by atoms with Crippen LogP contribution < -0.4 is 5.73 Å². The van der Waals surface area contributed by atoms with Gasteiger partial charge >= 0.3 is 11.9 Å². The van der Waals surface area contributed by atoms with Gasteiger partial charge in [-0.05, 0) is 93.3 Å². The number of nitrogens with two attached hydrogens (primary N) is 1. The number of unbranched alkanes of at least 4 members (excludes halogenated alkanes) is 1. The van der Waals surface area contributed by atoms with Gasteiger partial charge in [0.25, 0.3) is 0 Å². The van der Waals surface area contributed by atoms with Gasteiger partial charge in [-0.1, -0.05) is 19.0 Å². The number of rotatable bonds is 7. The van der Waals surface area contributed by atoms with Gasteiger partial charge in [0.2, 0.25) is 0 Å². The van der Waals surface area contributed by atoms with Crippen LogP contribution in [0.4, 0.5) is 0 Å². The van der Waals surface area contributed by atoms with Crippen molar-refractivity contribution in [3.8, 4) is 0 Å². The van der Waals surface area contributed by atoms with E-state index in [2.05, 4.69) is 30.8 Å². The first kappa shape index (κ1) is 28.7. The fourth-order valence-corrected chi connectivity index (χ4v) is 9.02. The maximum Gasteiger partial charge on any atom is 0.328 e. The number of fused-ring (bicyclic) bond motifs is 5. The number of hydrogen-bond acceptors (Lipinski definition) is 7. The first-order valence-electron chi connectivity index (χ1n) is 13.3. The van der Waals surface area contributed by atoms with Gasteiger partial charge in [0, 0.05) is 35.2 Å². The molecule has 8 nitrogen and oxygen atoms in total. The Kier molecular flexibility index (Phi) is 9.66. The predicted octanol–water partition coefficient (Wildman–Crippen LogP) is 4.59. The Morgan fingerprint density at radius 1 is 1.08 bits per heavy atom. The number of carboxylic acids is 2. The topological polar surface area (TPSA) is 150 Å². The number of Topliss-reactive ketones (excluding diaryl/α,β-unsaturated/α-hetero) is 1. The molecular formula is C27H42N2O6S. The van der Waals surface area contributed by atoms with Gasteiger partial charge in [-0.3, -0.25) is 4.79 Å². The molecule has 4 fully saturated rings. The molecule has 0 heterocycles. The summed E-state index contributed by atoms with van der Waals surface area (Å²) in [7, 11) is 0. The summed E-state index contributed by atoms with van der Waals surface area (Å²) < 4.78 is 0. The van der Waals surface area contributed by atoms with E-state index in [-0.39, 0.29) is 10.8 Å². The Hall–Kier alpha value is -1.87. The first-order valence-corrected chi connectivity index (χ1v) is 14.3. The minimum atomic E-state index is -1.26. The molecule has 0 aromatic heterocycles. The van der Waals surface area contributed by atoms with Crippen LogP contribution in [-0.4, -0.2) is 56.4 Å². The summed E-state index contributed by atoms with van der Waals surface area (Å²) in [6, 6.07) is 0. The zero-order valence-electron chi connectivity index (χ0n) is 21.5. The van der Waals surface area contributed by atoms with Crippen LogP contribution in [0.25, 0.3) is 0 Å². The molecule has 4 aliphatic rings. The zero-order chi connectivity index (χ0) is 26.5. The number of carboxylic acid groups (broad SMARTS) is 2. The highest BCUT2D eigenvalue weighted by atomic mass is 32.2. The van der Waals surface area contributed by atoms with E-state index in [1.54, 1.807) is 0 Å². The highest BCUT2D eigenvalue weighted by Gasteiger charge is 2.61. The number of thioether (sulfide) groups is 1. The van der Waals surface area contributed by atoms with E-state index in [0.29, 0.717) is 46.9 Å². The number of oxime groups is 1. The fraction of sp³-hybridized carbons (Fsp3) is 0.778. The largest absolute Gasteiger partial charge is 0.478 e. The molecule has 36 heavy (non-hydrogen) atoms. The first-order chi connectivity index (χ1) is 17.1. The zero-order valence-corrected chi connectivity index (χ0v) is 22.3. The molecule has 0 aromatic rings. The van der Waals surface area contributed by atoms with E-state index < -0.39 is 11.9 Å². The molecule has 0 amide bonds. The van der Waals surface area contributed by atoms with Crippen molar-refractivity contribution >= 4 is 35.2 Å². The molecule has 0 saturated heterocycles. The van der Waals surface area contributed by atoms with Crippen molar-refractivity contribution in [3.63, 3.8) is 0 Å². The lowest BCUT2D eigenvalue weighted by atomic mass is 9.45. The molecule has 0 aromatic carbocycles. The third kappa shape index (κ3) is 5.98. The third-order valence-corrected chi connectivity index (χ3v) is 11.0. The van der Waals surface area contributed by atoms with Gasteiger partial charge in [0.1, 0.15) is 5.78 Å². The molecule has 0 radical (unpaired) electrons. The molecule has 202 valence electrons. The van der Waals surface area contributed by atoms with E-state index in [1.165, 1.54) is 31.4 Å². The van der Waals surface area contributed by atoms with E-state index in [9.17, 15) is 19.6 Å². The number of ketones is 1. The van der Waals surface area contributed by atoms with Gasteiger partial charge in [0.05, 0.1) is 5.71 Å². The highest BCUT2D eigenvalue weighted by molar-refractivity contribution is 7.99. The van der Waals surface area contributed by atoms with E-state index in [1.807, 2.05) is 0 Å². The number of hydrogen-bond donors (Lipinski definition) is 4. The molecule has 4 rings (SSSR count). The lowest BCUT2D eigenvalue weighted by Gasteiger charge is -2.60. The highest BCUT2D eigenvalue weighted by Crippen LogP contribution is 2.65. The van der Waals surface area contributed by atoms with Gasteiger partial charge in [0.15, 0.2) is 0 Å². The van der Waals surface area contributed by atoms with Gasteiger partial charge in [-0.15, -0.1) is 0 Å². The van der Waals surface area contributed by atoms with Crippen LogP contribution in [0.1, 0.15) is 78.1 Å². The van der Waals surface area contributed by atoms with Crippen LogP contribution in [0.15, 0.2) is 17.3 Å². The van der Waals surface area contributed by atoms with E-state index in [4.69, 9.17) is 15.9 Å². The van der Waals surface area contributed by atoms with Crippen molar-refractivity contribution in [2.45, 2.75) is 83.3 Å². The Balaban J connectivity index is 0.000000392. The Labute approximate surface area is 218 Å². The molecule has 4 aliphatic carbocycles. The molecule has 0 aliphatic heterocycles. The van der Waals surface area contributed by atoms with Gasteiger partial charge in [-0.25, -0.2) is 9.59 Å². The van der Waals surface area contributed by atoms with Crippen LogP contribution in [0, 0.1) is 34.5 Å². The molecule has 9 heteroatoms. The fourth-order valence-electron chi connectivity index (χ4n) is 7.70. The minimum absolute atomic E-state index is 0.110. The lowest BCUT2D eigenvalue weighted by molar-refractivity contribution is -0.134.